The predicted octanol–water partition coefficient (Wildman–Crippen LogP) is 3.12. The summed E-state index contributed by atoms with van der Waals surface area (Å²) in [6.07, 6.45) is 8.78. The van der Waals surface area contributed by atoms with Crippen LogP contribution in [0.5, 0.6) is 5.75 Å². The molecule has 3 amide bonds. The molecule has 3 fully saturated rings. The standard InChI is InChI=1S/C29H34N4O6/c1-17-15-21(32-38-17)31-25(34)22-23-27(36)33(16-18-9-11-20(37-3)12-10-18)24(29(23)14-13-28(22,2)39-29)26(35)30-19-7-5-4-6-8-19/h9-15,19,22-24H,4-8,16H2,1-3H3,(H,30,35)(H,31,32,34)/t22-,23+,24-,28-,29+/m1/s1. The Morgan fingerprint density at radius 2 is 1.87 bits per heavy atom. The molecular weight excluding hydrogens is 500 g/mol. The first-order valence-corrected chi connectivity index (χ1v) is 13.6. The predicted molar refractivity (Wildman–Crippen MR) is 141 cm³/mol. The number of likely N-dealkylation sites (tertiary alicyclic amines) is 1. The molecule has 0 radical (unpaired) electrons. The van der Waals surface area contributed by atoms with Gasteiger partial charge in [0.05, 0.1) is 24.5 Å². The van der Waals surface area contributed by atoms with Gasteiger partial charge in [-0.3, -0.25) is 14.4 Å². The van der Waals surface area contributed by atoms with Crippen molar-refractivity contribution >= 4 is 23.5 Å². The third-order valence-corrected chi connectivity index (χ3v) is 8.67. The second kappa shape index (κ2) is 9.51. The Hall–Kier alpha value is -3.66. The summed E-state index contributed by atoms with van der Waals surface area (Å²) in [7, 11) is 1.59. The van der Waals surface area contributed by atoms with Crippen molar-refractivity contribution in [1.82, 2.24) is 15.4 Å². The summed E-state index contributed by atoms with van der Waals surface area (Å²) in [6, 6.07) is 8.17. The highest BCUT2D eigenvalue weighted by Crippen LogP contribution is 2.60. The molecule has 39 heavy (non-hydrogen) atoms. The average Bonchev–Trinajstić information content (AvgIpc) is 3.62. The van der Waals surface area contributed by atoms with E-state index in [1.807, 2.05) is 36.4 Å². The van der Waals surface area contributed by atoms with Gasteiger partial charge in [0.1, 0.15) is 23.2 Å². The minimum absolute atomic E-state index is 0.0623. The molecular formula is C29H34N4O6. The first kappa shape index (κ1) is 25.6. The smallest absolute Gasteiger partial charge is 0.246 e. The van der Waals surface area contributed by atoms with Crippen molar-refractivity contribution in [2.24, 2.45) is 11.8 Å². The number of hydrogen-bond acceptors (Lipinski definition) is 7. The van der Waals surface area contributed by atoms with Crippen LogP contribution in [0, 0.1) is 18.8 Å². The number of aryl methyl sites for hydroxylation is 1. The summed E-state index contributed by atoms with van der Waals surface area (Å²) < 4.78 is 17.0. The lowest BCUT2D eigenvalue weighted by Crippen LogP contribution is -2.56. The molecule has 1 aromatic carbocycles. The fourth-order valence-electron chi connectivity index (χ4n) is 6.88. The normalized spacial score (nSPS) is 31.4. The minimum atomic E-state index is -1.25. The van der Waals surface area contributed by atoms with Gasteiger partial charge in [0, 0.05) is 18.7 Å². The van der Waals surface area contributed by atoms with Crippen molar-refractivity contribution in [1.29, 1.82) is 0 Å². The number of aromatic nitrogens is 1. The molecule has 1 saturated carbocycles. The maximum atomic E-state index is 14.2. The van der Waals surface area contributed by atoms with Gasteiger partial charge in [-0.1, -0.05) is 48.7 Å². The number of carbonyl (C=O) groups excluding carboxylic acids is 3. The number of hydrogen-bond donors (Lipinski definition) is 2. The van der Waals surface area contributed by atoms with Gasteiger partial charge in [0.25, 0.3) is 0 Å². The van der Waals surface area contributed by atoms with Crippen LogP contribution in [-0.4, -0.2) is 58.2 Å². The molecule has 2 bridgehead atoms. The van der Waals surface area contributed by atoms with Gasteiger partial charge < -0.3 is 29.5 Å². The molecule has 2 saturated heterocycles. The Labute approximate surface area is 227 Å². The van der Waals surface area contributed by atoms with Crippen LogP contribution in [-0.2, 0) is 25.7 Å². The summed E-state index contributed by atoms with van der Waals surface area (Å²) in [5.74, 6) is -1.10. The number of methoxy groups -OCH3 is 1. The number of anilines is 1. The van der Waals surface area contributed by atoms with Gasteiger partial charge in [-0.25, -0.2) is 0 Å². The zero-order valence-corrected chi connectivity index (χ0v) is 22.4. The number of rotatable bonds is 7. The van der Waals surface area contributed by atoms with Crippen LogP contribution in [0.15, 0.2) is 47.0 Å². The van der Waals surface area contributed by atoms with Gasteiger partial charge >= 0.3 is 0 Å². The third-order valence-electron chi connectivity index (χ3n) is 8.67. The largest absolute Gasteiger partial charge is 0.497 e. The lowest BCUT2D eigenvalue weighted by atomic mass is 9.70. The van der Waals surface area contributed by atoms with Crippen LogP contribution in [0.1, 0.15) is 50.4 Å². The van der Waals surface area contributed by atoms with Crippen molar-refractivity contribution in [3.63, 3.8) is 0 Å². The highest BCUT2D eigenvalue weighted by Gasteiger charge is 2.76. The fraction of sp³-hybridized carbons (Fsp3) is 0.517. The summed E-state index contributed by atoms with van der Waals surface area (Å²) in [6.45, 7) is 3.73. The van der Waals surface area contributed by atoms with Crippen LogP contribution in [0.25, 0.3) is 0 Å². The van der Waals surface area contributed by atoms with E-state index in [0.29, 0.717) is 11.5 Å². The first-order chi connectivity index (χ1) is 18.7. The van der Waals surface area contributed by atoms with Crippen LogP contribution in [0.4, 0.5) is 5.82 Å². The zero-order valence-electron chi connectivity index (χ0n) is 22.4. The second-order valence-corrected chi connectivity index (χ2v) is 11.3. The molecule has 1 aromatic heterocycles. The first-order valence-electron chi connectivity index (χ1n) is 13.6. The van der Waals surface area contributed by atoms with E-state index in [4.69, 9.17) is 14.0 Å². The zero-order chi connectivity index (χ0) is 27.4. The maximum absolute atomic E-state index is 14.2. The van der Waals surface area contributed by atoms with Gasteiger partial charge in [0.2, 0.25) is 17.7 Å². The molecule has 6 rings (SSSR count). The van der Waals surface area contributed by atoms with Crippen molar-refractivity contribution in [2.75, 3.05) is 12.4 Å². The number of benzene rings is 1. The Kier molecular flexibility index (Phi) is 6.25. The topological polar surface area (TPSA) is 123 Å². The number of carbonyl (C=O) groups is 3. The van der Waals surface area contributed by atoms with Crippen LogP contribution >= 0.6 is 0 Å². The average molecular weight is 535 g/mol. The van der Waals surface area contributed by atoms with E-state index < -0.39 is 35.0 Å². The van der Waals surface area contributed by atoms with E-state index in [1.165, 1.54) is 0 Å². The van der Waals surface area contributed by atoms with Crippen LogP contribution in [0.2, 0.25) is 0 Å². The monoisotopic (exact) mass is 534 g/mol. The van der Waals surface area contributed by atoms with E-state index in [1.54, 1.807) is 31.9 Å². The Balaban J connectivity index is 1.35. The number of nitrogens with one attached hydrogen (secondary N) is 2. The van der Waals surface area contributed by atoms with Crippen molar-refractivity contribution in [3.8, 4) is 5.75 Å². The summed E-state index contributed by atoms with van der Waals surface area (Å²) in [4.78, 5) is 43.4. The quantitative estimate of drug-likeness (QED) is 0.523. The highest BCUT2D eigenvalue weighted by molar-refractivity contribution is 6.03. The summed E-state index contributed by atoms with van der Waals surface area (Å²) in [5, 5.41) is 9.88. The van der Waals surface area contributed by atoms with E-state index in [0.717, 1.165) is 37.7 Å². The molecule has 1 aliphatic carbocycles. The molecule has 2 aromatic rings. The number of fused-ring (bicyclic) bond motifs is 1. The Morgan fingerprint density at radius 3 is 2.54 bits per heavy atom. The third kappa shape index (κ3) is 4.21. The van der Waals surface area contributed by atoms with Gasteiger partial charge in [-0.15, -0.1) is 0 Å². The molecule has 5 atom stereocenters. The Bertz CT molecular complexity index is 1320. The fourth-order valence-corrected chi connectivity index (χ4v) is 6.88. The number of nitrogens with zero attached hydrogens (tertiary/aromatic N) is 2. The Morgan fingerprint density at radius 1 is 1.13 bits per heavy atom. The summed E-state index contributed by atoms with van der Waals surface area (Å²) in [5.41, 5.74) is -1.45. The van der Waals surface area contributed by atoms with Gasteiger partial charge in [-0.05, 0) is 44.4 Å². The van der Waals surface area contributed by atoms with E-state index in [-0.39, 0.29) is 30.2 Å². The maximum Gasteiger partial charge on any atom is 0.246 e. The highest BCUT2D eigenvalue weighted by atomic mass is 16.5. The van der Waals surface area contributed by atoms with Crippen molar-refractivity contribution in [3.05, 3.63) is 53.8 Å². The SMILES string of the molecule is COc1ccc(CN2C(=O)[C@@H]3[C@H](C(=O)Nc4cc(C)on4)[C@@]4(C)C=C[C@@]3(O4)[C@H]2C(=O)NC2CCCCC2)cc1. The molecule has 10 heteroatoms. The minimum Gasteiger partial charge on any atom is -0.497 e. The molecule has 4 heterocycles. The van der Waals surface area contributed by atoms with E-state index in [9.17, 15) is 14.4 Å². The lowest BCUT2D eigenvalue weighted by molar-refractivity contribution is -0.145. The number of ether oxygens (including phenoxy) is 2. The van der Waals surface area contributed by atoms with Crippen LogP contribution < -0.4 is 15.4 Å². The molecule has 2 N–H and O–H groups in total. The van der Waals surface area contributed by atoms with Crippen molar-refractivity contribution in [2.45, 2.75) is 75.8 Å². The molecule has 1 spiro atoms. The van der Waals surface area contributed by atoms with E-state index >= 15 is 0 Å². The molecule has 206 valence electrons. The molecule has 10 nitrogen and oxygen atoms in total. The number of amides is 3. The van der Waals surface area contributed by atoms with Crippen molar-refractivity contribution < 1.29 is 28.4 Å². The molecule has 0 unspecified atom stereocenters. The van der Waals surface area contributed by atoms with Gasteiger partial charge in [-0.2, -0.15) is 0 Å². The van der Waals surface area contributed by atoms with Gasteiger partial charge in [0.15, 0.2) is 5.82 Å². The van der Waals surface area contributed by atoms with Crippen LogP contribution in [0.3, 0.4) is 0 Å². The van der Waals surface area contributed by atoms with E-state index in [2.05, 4.69) is 15.8 Å². The second-order valence-electron chi connectivity index (χ2n) is 11.3. The lowest BCUT2D eigenvalue weighted by Gasteiger charge is -2.34. The molecule has 3 aliphatic heterocycles. The molecule has 4 aliphatic rings. The summed E-state index contributed by atoms with van der Waals surface area (Å²) >= 11 is 0.